The predicted octanol–water partition coefficient (Wildman–Crippen LogP) is 2.32. The number of nitrogens with two attached hydrogens (primary N) is 1. The molecule has 4 heteroatoms. The van der Waals surface area contributed by atoms with E-state index in [-0.39, 0.29) is 17.5 Å². The van der Waals surface area contributed by atoms with Crippen molar-refractivity contribution >= 4 is 11.6 Å². The first-order chi connectivity index (χ1) is 9.82. The van der Waals surface area contributed by atoms with Gasteiger partial charge in [0.2, 0.25) is 5.91 Å². The molecule has 0 fully saturated rings. The van der Waals surface area contributed by atoms with Gasteiger partial charge >= 0.3 is 0 Å². The van der Waals surface area contributed by atoms with Crippen molar-refractivity contribution in [2.45, 2.75) is 58.7 Å². The summed E-state index contributed by atoms with van der Waals surface area (Å²) < 4.78 is 0. The molecule has 0 spiro atoms. The Morgan fingerprint density at radius 1 is 1.43 bits per heavy atom. The van der Waals surface area contributed by atoms with Crippen molar-refractivity contribution in [1.82, 2.24) is 10.2 Å². The molecule has 1 aromatic carbocycles. The standard InChI is InChI=1S/C17H27N3O/c1-5-17(3,4)19-16(21)12(2)20-9-8-13-6-7-15(18)10-14(13)11-20/h6-7,10,12H,5,8-9,11,18H2,1-4H3,(H,19,21). The molecule has 1 unspecified atom stereocenters. The number of hydrogen-bond donors (Lipinski definition) is 2. The van der Waals surface area contributed by atoms with E-state index in [1.807, 2.05) is 19.1 Å². The average Bonchev–Trinajstić information content (AvgIpc) is 2.45. The second-order valence-electron chi connectivity index (χ2n) is 6.65. The summed E-state index contributed by atoms with van der Waals surface area (Å²) in [7, 11) is 0. The minimum atomic E-state index is -0.149. The molecule has 1 amide bonds. The molecule has 4 nitrogen and oxygen atoms in total. The molecule has 1 aromatic rings. The van der Waals surface area contributed by atoms with Crippen molar-refractivity contribution in [1.29, 1.82) is 0 Å². The molecule has 1 heterocycles. The van der Waals surface area contributed by atoms with Crippen LogP contribution in [0.4, 0.5) is 5.69 Å². The van der Waals surface area contributed by atoms with E-state index in [0.717, 1.165) is 31.6 Å². The van der Waals surface area contributed by atoms with Crippen molar-refractivity contribution < 1.29 is 4.79 Å². The van der Waals surface area contributed by atoms with Gasteiger partial charge in [-0.3, -0.25) is 9.69 Å². The Kier molecular flexibility index (Phi) is 4.57. The lowest BCUT2D eigenvalue weighted by molar-refractivity contribution is -0.127. The maximum atomic E-state index is 12.4. The summed E-state index contributed by atoms with van der Waals surface area (Å²) >= 11 is 0. The smallest absolute Gasteiger partial charge is 0.237 e. The summed E-state index contributed by atoms with van der Waals surface area (Å²) in [6.07, 6.45) is 1.90. The molecule has 0 saturated heterocycles. The van der Waals surface area contributed by atoms with E-state index in [1.54, 1.807) is 0 Å². The Balaban J connectivity index is 2.05. The van der Waals surface area contributed by atoms with Crippen molar-refractivity contribution in [3.63, 3.8) is 0 Å². The molecule has 21 heavy (non-hydrogen) atoms. The lowest BCUT2D eigenvalue weighted by Gasteiger charge is -2.35. The normalized spacial score (nSPS) is 17.1. The molecule has 116 valence electrons. The van der Waals surface area contributed by atoms with Crippen molar-refractivity contribution in [3.05, 3.63) is 29.3 Å². The molecule has 1 aliphatic heterocycles. The van der Waals surface area contributed by atoms with E-state index in [2.05, 4.69) is 37.1 Å². The zero-order chi connectivity index (χ0) is 15.6. The molecule has 1 atom stereocenters. The highest BCUT2D eigenvalue weighted by Gasteiger charge is 2.28. The van der Waals surface area contributed by atoms with E-state index in [4.69, 9.17) is 5.73 Å². The number of nitrogen functional groups attached to an aromatic ring is 1. The number of amides is 1. The first-order valence-corrected chi connectivity index (χ1v) is 7.76. The summed E-state index contributed by atoms with van der Waals surface area (Å²) in [5.41, 5.74) is 9.10. The number of rotatable bonds is 4. The van der Waals surface area contributed by atoms with Gasteiger partial charge in [0.25, 0.3) is 0 Å². The molecule has 1 aliphatic rings. The summed E-state index contributed by atoms with van der Waals surface area (Å²) in [4.78, 5) is 14.6. The van der Waals surface area contributed by atoms with Gasteiger partial charge in [-0.05, 0) is 56.9 Å². The van der Waals surface area contributed by atoms with Crippen LogP contribution in [0, 0.1) is 0 Å². The van der Waals surface area contributed by atoms with Gasteiger partial charge in [0.15, 0.2) is 0 Å². The van der Waals surface area contributed by atoms with Crippen LogP contribution < -0.4 is 11.1 Å². The second kappa shape index (κ2) is 6.06. The van der Waals surface area contributed by atoms with Gasteiger partial charge in [-0.2, -0.15) is 0 Å². The Hall–Kier alpha value is -1.55. The first kappa shape index (κ1) is 15.8. The second-order valence-corrected chi connectivity index (χ2v) is 6.65. The summed E-state index contributed by atoms with van der Waals surface area (Å²) in [6.45, 7) is 9.90. The van der Waals surface area contributed by atoms with E-state index in [9.17, 15) is 4.79 Å². The summed E-state index contributed by atoms with van der Waals surface area (Å²) in [6, 6.07) is 5.97. The van der Waals surface area contributed by atoms with Crippen LogP contribution in [0.25, 0.3) is 0 Å². The third-order valence-electron chi connectivity index (χ3n) is 4.54. The van der Waals surface area contributed by atoms with Crippen molar-refractivity contribution in [3.8, 4) is 0 Å². The van der Waals surface area contributed by atoms with Gasteiger partial charge in [0.05, 0.1) is 6.04 Å². The van der Waals surface area contributed by atoms with Gasteiger partial charge in [0, 0.05) is 24.3 Å². The van der Waals surface area contributed by atoms with Gasteiger partial charge < -0.3 is 11.1 Å². The molecular formula is C17H27N3O. The number of carbonyl (C=O) groups excluding carboxylic acids is 1. The summed E-state index contributed by atoms with van der Waals surface area (Å²) in [5.74, 6) is 0.106. The molecule has 0 aromatic heterocycles. The molecular weight excluding hydrogens is 262 g/mol. The van der Waals surface area contributed by atoms with Crippen LogP contribution in [0.1, 0.15) is 45.2 Å². The van der Waals surface area contributed by atoms with Crippen LogP contribution in [-0.2, 0) is 17.8 Å². The van der Waals surface area contributed by atoms with Gasteiger partial charge in [-0.15, -0.1) is 0 Å². The highest BCUT2D eigenvalue weighted by atomic mass is 16.2. The van der Waals surface area contributed by atoms with Crippen LogP contribution in [0.3, 0.4) is 0 Å². The fraction of sp³-hybridized carbons (Fsp3) is 0.588. The Morgan fingerprint density at radius 3 is 2.81 bits per heavy atom. The maximum absolute atomic E-state index is 12.4. The topological polar surface area (TPSA) is 58.4 Å². The fourth-order valence-corrected chi connectivity index (χ4v) is 2.62. The third kappa shape index (κ3) is 3.76. The first-order valence-electron chi connectivity index (χ1n) is 7.76. The maximum Gasteiger partial charge on any atom is 0.237 e. The highest BCUT2D eigenvalue weighted by molar-refractivity contribution is 5.82. The number of benzene rings is 1. The molecule has 0 aliphatic carbocycles. The van der Waals surface area contributed by atoms with Crippen molar-refractivity contribution in [2.24, 2.45) is 0 Å². The monoisotopic (exact) mass is 289 g/mol. The number of fused-ring (bicyclic) bond motifs is 1. The van der Waals surface area contributed by atoms with E-state index in [1.165, 1.54) is 11.1 Å². The number of anilines is 1. The zero-order valence-corrected chi connectivity index (χ0v) is 13.6. The number of nitrogens with zero attached hydrogens (tertiary/aromatic N) is 1. The molecule has 0 saturated carbocycles. The van der Waals surface area contributed by atoms with Gasteiger partial charge in [-0.1, -0.05) is 13.0 Å². The van der Waals surface area contributed by atoms with Crippen LogP contribution in [0.5, 0.6) is 0 Å². The van der Waals surface area contributed by atoms with Crippen LogP contribution in [0.2, 0.25) is 0 Å². The Bertz CT molecular complexity index is 525. The van der Waals surface area contributed by atoms with E-state index >= 15 is 0 Å². The van der Waals surface area contributed by atoms with Crippen LogP contribution >= 0.6 is 0 Å². The molecule has 2 rings (SSSR count). The number of hydrogen-bond acceptors (Lipinski definition) is 3. The predicted molar refractivity (Wildman–Crippen MR) is 86.9 cm³/mol. The van der Waals surface area contributed by atoms with Crippen LogP contribution in [0.15, 0.2) is 18.2 Å². The minimum absolute atomic E-state index is 0.106. The Morgan fingerprint density at radius 2 is 2.14 bits per heavy atom. The summed E-state index contributed by atoms with van der Waals surface area (Å²) in [5, 5.41) is 3.13. The third-order valence-corrected chi connectivity index (χ3v) is 4.54. The average molecular weight is 289 g/mol. The fourth-order valence-electron chi connectivity index (χ4n) is 2.62. The largest absolute Gasteiger partial charge is 0.399 e. The Labute approximate surface area is 127 Å². The lowest BCUT2D eigenvalue weighted by atomic mass is 9.97. The highest BCUT2D eigenvalue weighted by Crippen LogP contribution is 2.23. The zero-order valence-electron chi connectivity index (χ0n) is 13.6. The molecule has 3 N–H and O–H groups in total. The van der Waals surface area contributed by atoms with Crippen LogP contribution in [-0.4, -0.2) is 28.9 Å². The van der Waals surface area contributed by atoms with Gasteiger partial charge in [-0.25, -0.2) is 0 Å². The van der Waals surface area contributed by atoms with E-state index in [0.29, 0.717) is 0 Å². The quantitative estimate of drug-likeness (QED) is 0.836. The molecule has 0 bridgehead atoms. The number of nitrogens with one attached hydrogen (secondary N) is 1. The number of carbonyl (C=O) groups is 1. The lowest BCUT2D eigenvalue weighted by Crippen LogP contribution is -2.52. The molecule has 0 radical (unpaired) electrons. The minimum Gasteiger partial charge on any atom is -0.399 e. The SMILES string of the molecule is CCC(C)(C)NC(=O)C(C)N1CCc2ccc(N)cc2C1. The van der Waals surface area contributed by atoms with E-state index < -0.39 is 0 Å². The van der Waals surface area contributed by atoms with Gasteiger partial charge in [0.1, 0.15) is 0 Å². The van der Waals surface area contributed by atoms with Crippen molar-refractivity contribution in [2.75, 3.05) is 12.3 Å².